The van der Waals surface area contributed by atoms with Gasteiger partial charge in [-0.05, 0) is 49.2 Å². The highest BCUT2D eigenvalue weighted by atomic mass is 16.3. The van der Waals surface area contributed by atoms with Crippen LogP contribution in [0.4, 0.5) is 11.4 Å². The number of anilines is 2. The van der Waals surface area contributed by atoms with E-state index in [1.54, 1.807) is 12.1 Å². The van der Waals surface area contributed by atoms with Crippen molar-refractivity contribution >= 4 is 11.4 Å². The van der Waals surface area contributed by atoms with Crippen LogP contribution in [0.25, 0.3) is 0 Å². The van der Waals surface area contributed by atoms with Crippen LogP contribution in [0, 0.1) is 0 Å². The van der Waals surface area contributed by atoms with Crippen LogP contribution in [0.5, 0.6) is 11.5 Å². The van der Waals surface area contributed by atoms with Crippen LogP contribution < -0.4 is 10.6 Å². The number of benzene rings is 2. The molecule has 0 aliphatic rings. The van der Waals surface area contributed by atoms with Gasteiger partial charge in [-0.3, -0.25) is 0 Å². The standard InChI is InChI=1S/C19H26N2O2/c1-5-20-15-11-13(7-9-17(15)22)19(3,4)14-8-10-18(23)16(12-14)21-6-2/h7-12,20-23H,5-6H2,1-4H3. The highest BCUT2D eigenvalue weighted by Crippen LogP contribution is 2.38. The van der Waals surface area contributed by atoms with Crippen molar-refractivity contribution in [2.45, 2.75) is 33.1 Å². The molecule has 2 aromatic carbocycles. The van der Waals surface area contributed by atoms with E-state index in [1.165, 1.54) is 0 Å². The molecule has 4 N–H and O–H groups in total. The van der Waals surface area contributed by atoms with Crippen molar-refractivity contribution in [1.82, 2.24) is 0 Å². The number of rotatable bonds is 6. The summed E-state index contributed by atoms with van der Waals surface area (Å²) >= 11 is 0. The zero-order valence-corrected chi connectivity index (χ0v) is 14.3. The van der Waals surface area contributed by atoms with E-state index in [-0.39, 0.29) is 16.9 Å². The third-order valence-electron chi connectivity index (χ3n) is 4.17. The van der Waals surface area contributed by atoms with E-state index in [4.69, 9.17) is 0 Å². The number of aromatic hydroxyl groups is 2. The number of hydrogen-bond acceptors (Lipinski definition) is 4. The van der Waals surface area contributed by atoms with Gasteiger partial charge < -0.3 is 20.8 Å². The van der Waals surface area contributed by atoms with Crippen LogP contribution in [0.1, 0.15) is 38.8 Å². The van der Waals surface area contributed by atoms with E-state index in [0.717, 1.165) is 35.6 Å². The van der Waals surface area contributed by atoms with Gasteiger partial charge in [-0.15, -0.1) is 0 Å². The van der Waals surface area contributed by atoms with Gasteiger partial charge in [-0.1, -0.05) is 26.0 Å². The molecule has 0 atom stereocenters. The summed E-state index contributed by atoms with van der Waals surface area (Å²) in [6, 6.07) is 11.3. The minimum Gasteiger partial charge on any atom is -0.506 e. The summed E-state index contributed by atoms with van der Waals surface area (Å²) in [6.07, 6.45) is 0. The lowest BCUT2D eigenvalue weighted by Gasteiger charge is -2.28. The Balaban J connectivity index is 2.45. The molecule has 0 aliphatic carbocycles. The summed E-state index contributed by atoms with van der Waals surface area (Å²) in [5, 5.41) is 26.3. The fraction of sp³-hybridized carbons (Fsp3) is 0.368. The summed E-state index contributed by atoms with van der Waals surface area (Å²) in [6.45, 7) is 9.77. The van der Waals surface area contributed by atoms with Crippen LogP contribution in [0.3, 0.4) is 0 Å². The first-order valence-electron chi connectivity index (χ1n) is 8.04. The van der Waals surface area contributed by atoms with Gasteiger partial charge in [-0.25, -0.2) is 0 Å². The molecule has 0 heterocycles. The van der Waals surface area contributed by atoms with E-state index >= 15 is 0 Å². The molecule has 23 heavy (non-hydrogen) atoms. The van der Waals surface area contributed by atoms with Crippen molar-refractivity contribution in [3.05, 3.63) is 47.5 Å². The Hall–Kier alpha value is -2.36. The average molecular weight is 314 g/mol. The van der Waals surface area contributed by atoms with Gasteiger partial charge in [0.1, 0.15) is 11.5 Å². The van der Waals surface area contributed by atoms with E-state index in [0.29, 0.717) is 0 Å². The second-order valence-electron chi connectivity index (χ2n) is 6.15. The van der Waals surface area contributed by atoms with Crippen molar-refractivity contribution < 1.29 is 10.2 Å². The maximum Gasteiger partial charge on any atom is 0.138 e. The van der Waals surface area contributed by atoms with E-state index in [2.05, 4.69) is 24.5 Å². The lowest BCUT2D eigenvalue weighted by molar-refractivity contribution is 0.476. The molecule has 0 saturated heterocycles. The zero-order valence-electron chi connectivity index (χ0n) is 14.3. The SMILES string of the molecule is CCNc1cc(C(C)(C)c2ccc(O)c(NCC)c2)ccc1O. The van der Waals surface area contributed by atoms with E-state index < -0.39 is 0 Å². The van der Waals surface area contributed by atoms with Crippen LogP contribution in [0.15, 0.2) is 36.4 Å². The molecule has 124 valence electrons. The third kappa shape index (κ3) is 3.52. The molecule has 0 saturated carbocycles. The molecular weight excluding hydrogens is 288 g/mol. The Kier molecular flexibility index (Phi) is 5.04. The predicted octanol–water partition coefficient (Wildman–Crippen LogP) is 4.29. The van der Waals surface area contributed by atoms with E-state index in [1.807, 2.05) is 38.1 Å². The zero-order chi connectivity index (χ0) is 17.0. The summed E-state index contributed by atoms with van der Waals surface area (Å²) in [5.41, 5.74) is 3.42. The smallest absolute Gasteiger partial charge is 0.138 e. The molecule has 0 fully saturated rings. The topological polar surface area (TPSA) is 64.5 Å². The first-order valence-corrected chi connectivity index (χ1v) is 8.04. The van der Waals surface area contributed by atoms with Crippen molar-refractivity contribution in [1.29, 1.82) is 0 Å². The molecule has 0 amide bonds. The highest BCUT2D eigenvalue weighted by Gasteiger charge is 2.25. The first kappa shape index (κ1) is 17.0. The van der Waals surface area contributed by atoms with Gasteiger partial charge in [0.2, 0.25) is 0 Å². The minimum absolute atomic E-state index is 0.254. The van der Waals surface area contributed by atoms with Gasteiger partial charge in [-0.2, -0.15) is 0 Å². The Morgan fingerprint density at radius 3 is 1.52 bits per heavy atom. The Morgan fingerprint density at radius 1 is 0.783 bits per heavy atom. The van der Waals surface area contributed by atoms with Gasteiger partial charge in [0.15, 0.2) is 0 Å². The number of phenols is 2. The van der Waals surface area contributed by atoms with Crippen LogP contribution in [-0.4, -0.2) is 23.3 Å². The molecular formula is C19H26N2O2. The largest absolute Gasteiger partial charge is 0.506 e. The molecule has 4 heteroatoms. The van der Waals surface area contributed by atoms with Gasteiger partial charge >= 0.3 is 0 Å². The summed E-state index contributed by atoms with van der Waals surface area (Å²) in [7, 11) is 0. The van der Waals surface area contributed by atoms with Crippen molar-refractivity contribution in [3.8, 4) is 11.5 Å². The lowest BCUT2D eigenvalue weighted by atomic mass is 9.77. The van der Waals surface area contributed by atoms with Crippen LogP contribution in [-0.2, 0) is 5.41 Å². The lowest BCUT2D eigenvalue weighted by Crippen LogP contribution is -2.19. The van der Waals surface area contributed by atoms with Gasteiger partial charge in [0.05, 0.1) is 11.4 Å². The van der Waals surface area contributed by atoms with Crippen LogP contribution in [0.2, 0.25) is 0 Å². The van der Waals surface area contributed by atoms with Crippen molar-refractivity contribution in [2.24, 2.45) is 0 Å². The monoisotopic (exact) mass is 314 g/mol. The second kappa shape index (κ2) is 6.82. The maximum atomic E-state index is 9.95. The second-order valence-corrected chi connectivity index (χ2v) is 6.15. The highest BCUT2D eigenvalue weighted by molar-refractivity contribution is 5.62. The summed E-state index contributed by atoms with van der Waals surface area (Å²) in [5.74, 6) is 0.510. The molecule has 0 bridgehead atoms. The molecule has 0 unspecified atom stereocenters. The third-order valence-corrected chi connectivity index (χ3v) is 4.17. The number of phenolic OH excluding ortho intramolecular Hbond substituents is 2. The maximum absolute atomic E-state index is 9.95. The Bertz CT molecular complexity index is 624. The van der Waals surface area contributed by atoms with E-state index in [9.17, 15) is 10.2 Å². The number of hydrogen-bond donors (Lipinski definition) is 4. The Labute approximate surface area is 138 Å². The fourth-order valence-electron chi connectivity index (χ4n) is 2.68. The molecule has 0 radical (unpaired) electrons. The molecule has 0 spiro atoms. The molecule has 2 rings (SSSR count). The minimum atomic E-state index is -0.254. The van der Waals surface area contributed by atoms with Gasteiger partial charge in [0, 0.05) is 18.5 Å². The molecule has 2 aromatic rings. The quantitative estimate of drug-likeness (QED) is 0.601. The molecule has 0 aromatic heterocycles. The normalized spacial score (nSPS) is 11.3. The first-order chi connectivity index (χ1) is 10.9. The fourth-order valence-corrected chi connectivity index (χ4v) is 2.68. The molecule has 4 nitrogen and oxygen atoms in total. The number of nitrogens with one attached hydrogen (secondary N) is 2. The summed E-state index contributed by atoms with van der Waals surface area (Å²) in [4.78, 5) is 0. The van der Waals surface area contributed by atoms with Crippen LogP contribution >= 0.6 is 0 Å². The Morgan fingerprint density at radius 2 is 1.17 bits per heavy atom. The summed E-state index contributed by atoms with van der Waals surface area (Å²) < 4.78 is 0. The molecule has 0 aliphatic heterocycles. The van der Waals surface area contributed by atoms with Gasteiger partial charge in [0.25, 0.3) is 0 Å². The van der Waals surface area contributed by atoms with Crippen molar-refractivity contribution in [2.75, 3.05) is 23.7 Å². The predicted molar refractivity (Wildman–Crippen MR) is 96.7 cm³/mol. The van der Waals surface area contributed by atoms with Crippen molar-refractivity contribution in [3.63, 3.8) is 0 Å². The average Bonchev–Trinajstić information content (AvgIpc) is 2.51.